The van der Waals surface area contributed by atoms with E-state index in [1.165, 1.54) is 26.2 Å². The molecule has 4 rings (SSSR count). The average molecular weight is 423 g/mol. The molecule has 5 heteroatoms. The third-order valence-corrected chi connectivity index (χ3v) is 6.90. The molecule has 1 aliphatic rings. The first-order chi connectivity index (χ1) is 14.7. The molecule has 0 bridgehead atoms. The number of benzene rings is 2. The lowest BCUT2D eigenvalue weighted by atomic mass is 10.1. The van der Waals surface area contributed by atoms with Gasteiger partial charge < -0.3 is 9.64 Å². The number of carbonyl (C=O) groups is 1. The summed E-state index contributed by atoms with van der Waals surface area (Å²) >= 11 is 1.80. The molecule has 0 unspecified atom stereocenters. The van der Waals surface area contributed by atoms with Crippen molar-refractivity contribution < 1.29 is 9.53 Å². The summed E-state index contributed by atoms with van der Waals surface area (Å²) in [6.07, 6.45) is 2.33. The minimum absolute atomic E-state index is 0.109. The standard InChI is InChI=1S/C25H30N2O2S/c1-2-29-25(28)12-11-21-19-22-23(9-6-10-24(22)30-21)27-17-15-26(16-18-27)14-13-20-7-4-3-5-8-20/h3-10,19H,2,11-18H2,1H3. The summed E-state index contributed by atoms with van der Waals surface area (Å²) in [7, 11) is 0. The fourth-order valence-corrected chi connectivity index (χ4v) is 5.18. The summed E-state index contributed by atoms with van der Waals surface area (Å²) in [5, 5.41) is 1.32. The second-order valence-electron chi connectivity index (χ2n) is 7.77. The molecular formula is C25H30N2O2S. The lowest BCUT2D eigenvalue weighted by Gasteiger charge is -2.36. The average Bonchev–Trinajstić information content (AvgIpc) is 3.21. The van der Waals surface area contributed by atoms with Crippen LogP contribution in [0.4, 0.5) is 5.69 Å². The number of ether oxygens (including phenoxy) is 1. The SMILES string of the molecule is CCOC(=O)CCc1cc2c(N3CCN(CCc4ccccc4)CC3)cccc2s1. The van der Waals surface area contributed by atoms with Crippen molar-refractivity contribution in [2.45, 2.75) is 26.2 Å². The van der Waals surface area contributed by atoms with Crippen molar-refractivity contribution >= 4 is 33.1 Å². The molecule has 1 aliphatic heterocycles. The van der Waals surface area contributed by atoms with Crippen LogP contribution in [0.5, 0.6) is 0 Å². The van der Waals surface area contributed by atoms with Gasteiger partial charge in [-0.2, -0.15) is 0 Å². The van der Waals surface area contributed by atoms with E-state index in [2.05, 4.69) is 64.4 Å². The minimum atomic E-state index is -0.109. The van der Waals surface area contributed by atoms with Crippen LogP contribution < -0.4 is 4.90 Å². The van der Waals surface area contributed by atoms with E-state index in [0.29, 0.717) is 13.0 Å². The van der Waals surface area contributed by atoms with Gasteiger partial charge in [0.25, 0.3) is 0 Å². The highest BCUT2D eigenvalue weighted by atomic mass is 32.1. The molecule has 3 aromatic rings. The molecule has 0 spiro atoms. The predicted molar refractivity (Wildman–Crippen MR) is 126 cm³/mol. The number of aryl methyl sites for hydroxylation is 1. The number of fused-ring (bicyclic) bond motifs is 1. The lowest BCUT2D eigenvalue weighted by molar-refractivity contribution is -0.143. The van der Waals surface area contributed by atoms with Gasteiger partial charge in [-0.1, -0.05) is 36.4 Å². The number of hydrogen-bond donors (Lipinski definition) is 0. The van der Waals surface area contributed by atoms with E-state index >= 15 is 0 Å². The Labute approximate surface area is 183 Å². The zero-order valence-electron chi connectivity index (χ0n) is 17.7. The number of piperazine rings is 1. The molecule has 4 nitrogen and oxygen atoms in total. The molecule has 0 radical (unpaired) electrons. The maximum Gasteiger partial charge on any atom is 0.306 e. The fourth-order valence-electron chi connectivity index (χ4n) is 4.10. The van der Waals surface area contributed by atoms with Gasteiger partial charge in [-0.05, 0) is 43.5 Å². The smallest absolute Gasteiger partial charge is 0.306 e. The highest BCUT2D eigenvalue weighted by Crippen LogP contribution is 2.34. The van der Waals surface area contributed by atoms with Crippen LogP contribution in [0.15, 0.2) is 54.6 Å². The van der Waals surface area contributed by atoms with E-state index in [4.69, 9.17) is 4.74 Å². The van der Waals surface area contributed by atoms with Gasteiger partial charge in [0.15, 0.2) is 0 Å². The van der Waals surface area contributed by atoms with Crippen molar-refractivity contribution in [2.75, 3.05) is 44.2 Å². The Morgan fingerprint density at radius 1 is 1.00 bits per heavy atom. The molecule has 0 N–H and O–H groups in total. The van der Waals surface area contributed by atoms with Crippen LogP contribution in [0.3, 0.4) is 0 Å². The normalized spacial score (nSPS) is 14.9. The Bertz CT molecular complexity index is 962. The zero-order valence-corrected chi connectivity index (χ0v) is 18.5. The summed E-state index contributed by atoms with van der Waals surface area (Å²) in [4.78, 5) is 18.0. The molecule has 2 aromatic carbocycles. The van der Waals surface area contributed by atoms with Crippen molar-refractivity contribution in [3.8, 4) is 0 Å². The van der Waals surface area contributed by atoms with Gasteiger partial charge in [-0.15, -0.1) is 11.3 Å². The molecule has 0 amide bonds. The van der Waals surface area contributed by atoms with Crippen LogP contribution in [0.25, 0.3) is 10.1 Å². The maximum absolute atomic E-state index is 11.7. The number of anilines is 1. The zero-order chi connectivity index (χ0) is 20.8. The Morgan fingerprint density at radius 3 is 2.57 bits per heavy atom. The van der Waals surface area contributed by atoms with Gasteiger partial charge >= 0.3 is 5.97 Å². The van der Waals surface area contributed by atoms with Crippen LogP contribution in [0.1, 0.15) is 23.8 Å². The van der Waals surface area contributed by atoms with E-state index in [0.717, 1.165) is 45.6 Å². The topological polar surface area (TPSA) is 32.8 Å². The summed E-state index contributed by atoms with van der Waals surface area (Å²) in [5.41, 5.74) is 2.74. The lowest BCUT2D eigenvalue weighted by Crippen LogP contribution is -2.47. The van der Waals surface area contributed by atoms with E-state index < -0.39 is 0 Å². The molecule has 0 atom stereocenters. The van der Waals surface area contributed by atoms with Crippen molar-refractivity contribution in [2.24, 2.45) is 0 Å². The van der Waals surface area contributed by atoms with Gasteiger partial charge in [0.05, 0.1) is 13.0 Å². The molecule has 1 aromatic heterocycles. The molecule has 0 saturated carbocycles. The van der Waals surface area contributed by atoms with Crippen LogP contribution in [0.2, 0.25) is 0 Å². The fraction of sp³-hybridized carbons (Fsp3) is 0.400. The highest BCUT2D eigenvalue weighted by molar-refractivity contribution is 7.19. The molecule has 1 fully saturated rings. The third-order valence-electron chi connectivity index (χ3n) is 5.74. The van der Waals surface area contributed by atoms with Crippen molar-refractivity contribution in [3.63, 3.8) is 0 Å². The molecule has 1 saturated heterocycles. The second kappa shape index (κ2) is 10.1. The van der Waals surface area contributed by atoms with E-state index in [9.17, 15) is 4.79 Å². The Balaban J connectivity index is 1.36. The predicted octanol–water partition coefficient (Wildman–Crippen LogP) is 4.76. The number of rotatable bonds is 8. The van der Waals surface area contributed by atoms with Crippen LogP contribution in [-0.4, -0.2) is 50.2 Å². The first-order valence-electron chi connectivity index (χ1n) is 10.9. The first kappa shape index (κ1) is 20.9. The van der Waals surface area contributed by atoms with Crippen molar-refractivity contribution in [1.82, 2.24) is 4.90 Å². The summed E-state index contributed by atoms with van der Waals surface area (Å²) in [6.45, 7) is 7.74. The highest BCUT2D eigenvalue weighted by Gasteiger charge is 2.19. The number of hydrogen-bond acceptors (Lipinski definition) is 5. The molecular weight excluding hydrogens is 392 g/mol. The number of esters is 1. The third kappa shape index (κ3) is 5.21. The van der Waals surface area contributed by atoms with E-state index in [1.54, 1.807) is 11.3 Å². The van der Waals surface area contributed by atoms with Crippen LogP contribution in [-0.2, 0) is 22.4 Å². The molecule has 158 valence electrons. The van der Waals surface area contributed by atoms with Gasteiger partial charge in [-0.25, -0.2) is 0 Å². The molecule has 30 heavy (non-hydrogen) atoms. The number of thiophene rings is 1. The van der Waals surface area contributed by atoms with Crippen LogP contribution >= 0.6 is 11.3 Å². The van der Waals surface area contributed by atoms with Gasteiger partial charge in [0.1, 0.15) is 0 Å². The number of carbonyl (C=O) groups excluding carboxylic acids is 1. The largest absolute Gasteiger partial charge is 0.466 e. The van der Waals surface area contributed by atoms with Crippen molar-refractivity contribution in [3.05, 3.63) is 65.0 Å². The van der Waals surface area contributed by atoms with Gasteiger partial charge in [-0.3, -0.25) is 9.69 Å². The Kier molecular flexibility index (Phi) is 7.03. The van der Waals surface area contributed by atoms with Gasteiger partial charge in [0, 0.05) is 53.4 Å². The first-order valence-corrected chi connectivity index (χ1v) is 11.7. The second-order valence-corrected chi connectivity index (χ2v) is 8.94. The van der Waals surface area contributed by atoms with Crippen molar-refractivity contribution in [1.29, 1.82) is 0 Å². The van der Waals surface area contributed by atoms with Gasteiger partial charge in [0.2, 0.25) is 0 Å². The number of nitrogens with zero attached hydrogens (tertiary/aromatic N) is 2. The maximum atomic E-state index is 11.7. The minimum Gasteiger partial charge on any atom is -0.466 e. The van der Waals surface area contributed by atoms with E-state index in [1.807, 2.05) is 6.92 Å². The monoisotopic (exact) mass is 422 g/mol. The quantitative estimate of drug-likeness (QED) is 0.490. The summed E-state index contributed by atoms with van der Waals surface area (Å²) < 4.78 is 6.37. The summed E-state index contributed by atoms with van der Waals surface area (Å²) in [6, 6.07) is 19.6. The Morgan fingerprint density at radius 2 is 1.80 bits per heavy atom. The molecule has 2 heterocycles. The van der Waals surface area contributed by atoms with E-state index in [-0.39, 0.29) is 5.97 Å². The summed E-state index contributed by atoms with van der Waals surface area (Å²) in [5.74, 6) is -0.109. The Hall–Kier alpha value is -2.37. The molecule has 0 aliphatic carbocycles. The van der Waals surface area contributed by atoms with Crippen LogP contribution in [0, 0.1) is 0 Å².